The van der Waals surface area contributed by atoms with Gasteiger partial charge in [-0.25, -0.2) is 4.79 Å². The summed E-state index contributed by atoms with van der Waals surface area (Å²) in [5.41, 5.74) is 1.51. The summed E-state index contributed by atoms with van der Waals surface area (Å²) < 4.78 is 5.45. The molecule has 23 heavy (non-hydrogen) atoms. The van der Waals surface area contributed by atoms with Crippen molar-refractivity contribution >= 4 is 11.8 Å². The summed E-state index contributed by atoms with van der Waals surface area (Å²) in [6, 6.07) is 8.17. The van der Waals surface area contributed by atoms with Crippen molar-refractivity contribution in [2.45, 2.75) is 58.3 Å². The second kappa shape index (κ2) is 7.68. The van der Waals surface area contributed by atoms with E-state index < -0.39 is 5.60 Å². The van der Waals surface area contributed by atoms with Crippen LogP contribution in [0.3, 0.4) is 0 Å². The number of carbonyl (C=O) groups is 1. The molecule has 0 bridgehead atoms. The minimum atomic E-state index is -0.449. The zero-order valence-electron chi connectivity index (χ0n) is 14.3. The number of anilines is 1. The zero-order chi connectivity index (χ0) is 16.9. The van der Waals surface area contributed by atoms with Crippen LogP contribution in [0.2, 0.25) is 0 Å². The van der Waals surface area contributed by atoms with Crippen LogP contribution in [-0.2, 0) is 11.3 Å². The highest BCUT2D eigenvalue weighted by molar-refractivity contribution is 5.68. The first kappa shape index (κ1) is 17.6. The summed E-state index contributed by atoms with van der Waals surface area (Å²) in [5, 5.41) is 12.6. The maximum Gasteiger partial charge on any atom is 0.410 e. The van der Waals surface area contributed by atoms with Crippen LogP contribution in [-0.4, -0.2) is 40.8 Å². The van der Waals surface area contributed by atoms with E-state index in [9.17, 15) is 4.79 Å². The number of hydrogen-bond acceptors (Lipinski definition) is 4. The van der Waals surface area contributed by atoms with Gasteiger partial charge in [0.1, 0.15) is 5.60 Å². The number of aliphatic hydroxyl groups excluding tert-OH is 1. The van der Waals surface area contributed by atoms with E-state index in [1.807, 2.05) is 49.9 Å². The molecule has 1 aliphatic rings. The standard InChI is InChI=1S/C18H28N2O3/c1-18(2,3)23-17(22)20-11-4-5-15(10-12-20)19-16-8-6-14(13-21)7-9-16/h6-9,15,19,21H,4-5,10-13H2,1-3H3. The summed E-state index contributed by atoms with van der Waals surface area (Å²) in [7, 11) is 0. The molecule has 0 radical (unpaired) electrons. The Morgan fingerprint density at radius 2 is 1.96 bits per heavy atom. The van der Waals surface area contributed by atoms with Gasteiger partial charge in [-0.15, -0.1) is 0 Å². The number of likely N-dealkylation sites (tertiary alicyclic amines) is 1. The summed E-state index contributed by atoms with van der Waals surface area (Å²) in [5.74, 6) is 0. The van der Waals surface area contributed by atoms with Gasteiger partial charge in [-0.1, -0.05) is 12.1 Å². The topological polar surface area (TPSA) is 61.8 Å². The van der Waals surface area contributed by atoms with Crippen molar-refractivity contribution in [2.24, 2.45) is 0 Å². The minimum Gasteiger partial charge on any atom is -0.444 e. The zero-order valence-corrected chi connectivity index (χ0v) is 14.3. The number of aliphatic hydroxyl groups is 1. The highest BCUT2D eigenvalue weighted by Gasteiger charge is 2.25. The van der Waals surface area contributed by atoms with E-state index in [2.05, 4.69) is 5.32 Å². The molecule has 1 aromatic rings. The van der Waals surface area contributed by atoms with Crippen molar-refractivity contribution in [3.05, 3.63) is 29.8 Å². The third kappa shape index (κ3) is 5.75. The molecular weight excluding hydrogens is 292 g/mol. The number of rotatable bonds is 3. The quantitative estimate of drug-likeness (QED) is 0.896. The van der Waals surface area contributed by atoms with E-state index in [4.69, 9.17) is 9.84 Å². The molecule has 1 amide bonds. The fourth-order valence-corrected chi connectivity index (χ4v) is 2.69. The van der Waals surface area contributed by atoms with Crippen LogP contribution in [0, 0.1) is 0 Å². The molecule has 1 saturated heterocycles. The normalized spacial score (nSPS) is 19.1. The lowest BCUT2D eigenvalue weighted by molar-refractivity contribution is 0.0256. The van der Waals surface area contributed by atoms with Crippen molar-refractivity contribution in [2.75, 3.05) is 18.4 Å². The van der Waals surface area contributed by atoms with E-state index in [1.165, 1.54) is 0 Å². The number of hydrogen-bond donors (Lipinski definition) is 2. The first-order valence-electron chi connectivity index (χ1n) is 8.31. The van der Waals surface area contributed by atoms with Gasteiger partial charge < -0.3 is 20.1 Å². The van der Waals surface area contributed by atoms with E-state index in [0.717, 1.165) is 37.1 Å². The van der Waals surface area contributed by atoms with Gasteiger partial charge in [0.25, 0.3) is 0 Å². The molecule has 2 rings (SSSR count). The Morgan fingerprint density at radius 1 is 1.26 bits per heavy atom. The SMILES string of the molecule is CC(C)(C)OC(=O)N1CCCC(Nc2ccc(CO)cc2)CC1. The second-order valence-electron chi connectivity index (χ2n) is 7.09. The summed E-state index contributed by atoms with van der Waals surface area (Å²) in [6.45, 7) is 7.20. The third-order valence-electron chi connectivity index (χ3n) is 3.89. The Kier molecular flexibility index (Phi) is 5.88. The lowest BCUT2D eigenvalue weighted by atomic mass is 10.1. The third-order valence-corrected chi connectivity index (χ3v) is 3.89. The van der Waals surface area contributed by atoms with E-state index in [0.29, 0.717) is 12.6 Å². The average molecular weight is 320 g/mol. The fourth-order valence-electron chi connectivity index (χ4n) is 2.69. The van der Waals surface area contributed by atoms with Gasteiger partial charge in [0.05, 0.1) is 6.61 Å². The fraction of sp³-hybridized carbons (Fsp3) is 0.611. The van der Waals surface area contributed by atoms with Crippen LogP contribution < -0.4 is 5.32 Å². The van der Waals surface area contributed by atoms with E-state index in [-0.39, 0.29) is 12.7 Å². The number of ether oxygens (including phenoxy) is 1. The monoisotopic (exact) mass is 320 g/mol. The average Bonchev–Trinajstić information content (AvgIpc) is 2.72. The molecule has 1 unspecified atom stereocenters. The Balaban J connectivity index is 1.86. The summed E-state index contributed by atoms with van der Waals surface area (Å²) in [4.78, 5) is 14.0. The number of nitrogens with zero attached hydrogens (tertiary/aromatic N) is 1. The number of carbonyl (C=O) groups excluding carboxylic acids is 1. The van der Waals surface area contributed by atoms with Crippen LogP contribution in [0.15, 0.2) is 24.3 Å². The van der Waals surface area contributed by atoms with Gasteiger partial charge in [-0.3, -0.25) is 0 Å². The van der Waals surface area contributed by atoms with Gasteiger partial charge >= 0.3 is 6.09 Å². The van der Waals surface area contributed by atoms with Crippen LogP contribution in [0.4, 0.5) is 10.5 Å². The Morgan fingerprint density at radius 3 is 2.57 bits per heavy atom. The van der Waals surface area contributed by atoms with E-state index in [1.54, 1.807) is 0 Å². The highest BCUT2D eigenvalue weighted by atomic mass is 16.6. The maximum absolute atomic E-state index is 12.2. The first-order valence-corrected chi connectivity index (χ1v) is 8.31. The van der Waals surface area contributed by atoms with Gasteiger partial charge in [-0.05, 0) is 57.7 Å². The molecule has 1 aromatic carbocycles. The molecule has 1 aliphatic heterocycles. The lowest BCUT2D eigenvalue weighted by Crippen LogP contribution is -2.37. The number of benzene rings is 1. The Labute approximate surface area is 138 Å². The molecule has 1 heterocycles. The van der Waals surface area contributed by atoms with Crippen LogP contribution >= 0.6 is 0 Å². The molecule has 1 atom stereocenters. The Hall–Kier alpha value is -1.75. The predicted molar refractivity (Wildman–Crippen MR) is 91.4 cm³/mol. The second-order valence-corrected chi connectivity index (χ2v) is 7.09. The molecule has 2 N–H and O–H groups in total. The predicted octanol–water partition coefficient (Wildman–Crippen LogP) is 3.38. The van der Waals surface area contributed by atoms with Crippen molar-refractivity contribution in [3.63, 3.8) is 0 Å². The van der Waals surface area contributed by atoms with E-state index >= 15 is 0 Å². The highest BCUT2D eigenvalue weighted by Crippen LogP contribution is 2.19. The van der Waals surface area contributed by atoms with Crippen molar-refractivity contribution in [1.29, 1.82) is 0 Å². The van der Waals surface area contributed by atoms with Crippen molar-refractivity contribution < 1.29 is 14.6 Å². The molecular formula is C18H28N2O3. The van der Waals surface area contributed by atoms with Crippen LogP contribution in [0.25, 0.3) is 0 Å². The summed E-state index contributed by atoms with van der Waals surface area (Å²) in [6.07, 6.45) is 2.68. The number of amides is 1. The van der Waals surface area contributed by atoms with Crippen LogP contribution in [0.5, 0.6) is 0 Å². The Bertz CT molecular complexity index is 508. The number of nitrogens with one attached hydrogen (secondary N) is 1. The lowest BCUT2D eigenvalue weighted by Gasteiger charge is -2.26. The molecule has 0 aromatic heterocycles. The van der Waals surface area contributed by atoms with Gasteiger partial charge in [-0.2, -0.15) is 0 Å². The molecule has 0 saturated carbocycles. The smallest absolute Gasteiger partial charge is 0.410 e. The van der Waals surface area contributed by atoms with Crippen LogP contribution in [0.1, 0.15) is 45.6 Å². The largest absolute Gasteiger partial charge is 0.444 e. The summed E-state index contributed by atoms with van der Waals surface area (Å²) >= 11 is 0. The van der Waals surface area contributed by atoms with Crippen molar-refractivity contribution in [3.8, 4) is 0 Å². The minimum absolute atomic E-state index is 0.0640. The van der Waals surface area contributed by atoms with Gasteiger partial charge in [0.2, 0.25) is 0 Å². The molecule has 1 fully saturated rings. The van der Waals surface area contributed by atoms with Gasteiger partial charge in [0.15, 0.2) is 0 Å². The molecule has 5 heteroatoms. The van der Waals surface area contributed by atoms with Crippen molar-refractivity contribution in [1.82, 2.24) is 4.90 Å². The van der Waals surface area contributed by atoms with Gasteiger partial charge in [0, 0.05) is 24.8 Å². The molecule has 0 spiro atoms. The maximum atomic E-state index is 12.2. The first-order chi connectivity index (χ1) is 10.9. The molecule has 5 nitrogen and oxygen atoms in total. The molecule has 0 aliphatic carbocycles. The molecule has 128 valence electrons.